The van der Waals surface area contributed by atoms with E-state index in [1.165, 1.54) is 0 Å². The Labute approximate surface area is 228 Å². The van der Waals surface area contributed by atoms with Gasteiger partial charge in [0.1, 0.15) is 12.6 Å². The van der Waals surface area contributed by atoms with E-state index in [4.69, 9.17) is 26.8 Å². The molecule has 10 heteroatoms. The van der Waals surface area contributed by atoms with Gasteiger partial charge in [-0.2, -0.15) is 0 Å². The number of primary amides is 1. The van der Waals surface area contributed by atoms with Crippen molar-refractivity contribution in [3.05, 3.63) is 64.7 Å². The largest absolute Gasteiger partial charge is 0.448 e. The highest BCUT2D eigenvalue weighted by Crippen LogP contribution is 2.33. The summed E-state index contributed by atoms with van der Waals surface area (Å²) in [5.74, 6) is -0.588. The number of carbonyl (C=O) groups excluding carboxylic acids is 3. The van der Waals surface area contributed by atoms with Crippen LogP contribution in [0.5, 0.6) is 0 Å². The van der Waals surface area contributed by atoms with E-state index in [0.717, 1.165) is 17.5 Å². The van der Waals surface area contributed by atoms with Crippen LogP contribution in [0.1, 0.15) is 30.9 Å². The second-order valence-electron chi connectivity index (χ2n) is 9.87. The van der Waals surface area contributed by atoms with Crippen LogP contribution in [0.2, 0.25) is 5.02 Å². The first-order valence-electron chi connectivity index (χ1n) is 13.0. The molecule has 0 spiro atoms. The van der Waals surface area contributed by atoms with Gasteiger partial charge in [-0.05, 0) is 48.6 Å². The lowest BCUT2D eigenvalue weighted by molar-refractivity contribution is -0.149. The van der Waals surface area contributed by atoms with Crippen molar-refractivity contribution in [3.63, 3.8) is 0 Å². The Morgan fingerprint density at radius 3 is 2.47 bits per heavy atom. The van der Waals surface area contributed by atoms with Crippen LogP contribution in [0, 0.1) is 5.41 Å². The number of carbonyl (C=O) groups is 3. The van der Waals surface area contributed by atoms with Gasteiger partial charge >= 0.3 is 6.09 Å². The maximum atomic E-state index is 13.5. The minimum absolute atomic E-state index is 0.0518. The lowest BCUT2D eigenvalue weighted by atomic mass is 9.78. The molecule has 204 valence electrons. The van der Waals surface area contributed by atoms with Gasteiger partial charge in [0.25, 0.3) is 0 Å². The summed E-state index contributed by atoms with van der Waals surface area (Å²) in [5, 5.41) is 3.34. The summed E-state index contributed by atoms with van der Waals surface area (Å²) in [7, 11) is 0. The van der Waals surface area contributed by atoms with E-state index in [-0.39, 0.29) is 12.5 Å². The number of morpholine rings is 1. The fraction of sp³-hybridized carbons (Fsp3) is 0.464. The fourth-order valence-corrected chi connectivity index (χ4v) is 5.10. The summed E-state index contributed by atoms with van der Waals surface area (Å²) in [6.45, 7) is 4.58. The van der Waals surface area contributed by atoms with Crippen LogP contribution in [0.3, 0.4) is 0 Å². The van der Waals surface area contributed by atoms with Gasteiger partial charge in [0.15, 0.2) is 0 Å². The van der Waals surface area contributed by atoms with Crippen molar-refractivity contribution >= 4 is 35.2 Å². The molecule has 0 aliphatic carbocycles. The van der Waals surface area contributed by atoms with E-state index < -0.39 is 23.5 Å². The number of nitrogens with zero attached hydrogens (tertiary/aromatic N) is 2. The normalized spacial score (nSPS) is 19.5. The van der Waals surface area contributed by atoms with Crippen molar-refractivity contribution in [3.8, 4) is 0 Å². The molecule has 0 saturated carbocycles. The molecule has 2 aliphatic rings. The Morgan fingerprint density at radius 2 is 1.82 bits per heavy atom. The number of halogens is 1. The lowest BCUT2D eigenvalue weighted by Gasteiger charge is -2.42. The van der Waals surface area contributed by atoms with Crippen LogP contribution in [-0.2, 0) is 32.0 Å². The van der Waals surface area contributed by atoms with Gasteiger partial charge in [-0.15, -0.1) is 0 Å². The number of piperidine rings is 1. The number of benzene rings is 2. The molecule has 0 bridgehead atoms. The lowest BCUT2D eigenvalue weighted by Crippen LogP contribution is -2.58. The van der Waals surface area contributed by atoms with Gasteiger partial charge in [0, 0.05) is 36.9 Å². The molecule has 1 unspecified atom stereocenters. The summed E-state index contributed by atoms with van der Waals surface area (Å²) < 4.78 is 11.1. The molecule has 2 heterocycles. The van der Waals surface area contributed by atoms with Gasteiger partial charge in [-0.25, -0.2) is 4.79 Å². The van der Waals surface area contributed by atoms with E-state index in [1.54, 1.807) is 17.0 Å². The number of ether oxygens (including phenoxy) is 2. The number of hydrogen-bond acceptors (Lipinski definition) is 6. The number of rotatable bonds is 8. The number of amides is 3. The predicted octanol–water partition coefficient (Wildman–Crippen LogP) is 3.45. The fourth-order valence-electron chi connectivity index (χ4n) is 4.91. The predicted molar refractivity (Wildman–Crippen MR) is 145 cm³/mol. The number of nitrogens with one attached hydrogen (secondary N) is 1. The van der Waals surface area contributed by atoms with Crippen molar-refractivity contribution in [1.29, 1.82) is 0 Å². The Kier molecular flexibility index (Phi) is 9.25. The third-order valence-corrected chi connectivity index (χ3v) is 7.87. The zero-order valence-corrected chi connectivity index (χ0v) is 22.4. The topological polar surface area (TPSA) is 114 Å². The molecular weight excluding hydrogens is 508 g/mol. The summed E-state index contributed by atoms with van der Waals surface area (Å²) >= 11 is 6.35. The molecule has 2 fully saturated rings. The van der Waals surface area contributed by atoms with Crippen molar-refractivity contribution < 1.29 is 23.9 Å². The van der Waals surface area contributed by atoms with E-state index in [2.05, 4.69) is 17.1 Å². The number of anilines is 1. The Balaban J connectivity index is 1.33. The van der Waals surface area contributed by atoms with Gasteiger partial charge < -0.3 is 20.1 Å². The Morgan fingerprint density at radius 1 is 1.11 bits per heavy atom. The number of aryl methyl sites for hydroxylation is 1. The van der Waals surface area contributed by atoms with Crippen LogP contribution in [0.25, 0.3) is 0 Å². The van der Waals surface area contributed by atoms with Crippen LogP contribution in [-0.4, -0.2) is 73.2 Å². The number of likely N-dealkylation sites (tertiary alicyclic amines) is 1. The molecule has 2 aromatic rings. The highest BCUT2D eigenvalue weighted by molar-refractivity contribution is 6.31. The molecule has 0 aromatic heterocycles. The van der Waals surface area contributed by atoms with Crippen molar-refractivity contribution in [1.82, 2.24) is 9.80 Å². The number of nitrogens with two attached hydrogens (primary N) is 1. The Hall–Kier alpha value is -3.14. The third kappa shape index (κ3) is 6.64. The van der Waals surface area contributed by atoms with Crippen molar-refractivity contribution in [2.45, 2.75) is 38.8 Å². The van der Waals surface area contributed by atoms with E-state index >= 15 is 0 Å². The average Bonchev–Trinajstić information content (AvgIpc) is 2.94. The molecule has 9 nitrogen and oxygen atoms in total. The first-order chi connectivity index (χ1) is 18.3. The van der Waals surface area contributed by atoms with E-state index in [9.17, 15) is 14.4 Å². The first-order valence-corrected chi connectivity index (χ1v) is 13.4. The quantitative estimate of drug-likeness (QED) is 0.528. The second-order valence-corrected chi connectivity index (χ2v) is 10.3. The van der Waals surface area contributed by atoms with Gasteiger partial charge in [-0.1, -0.05) is 48.9 Å². The molecule has 3 N–H and O–H groups in total. The molecule has 3 amide bonds. The average molecular weight is 543 g/mol. The van der Waals surface area contributed by atoms with Crippen LogP contribution in [0.15, 0.2) is 48.5 Å². The molecule has 2 saturated heterocycles. The van der Waals surface area contributed by atoms with Crippen molar-refractivity contribution in [2.24, 2.45) is 11.1 Å². The smallest absolute Gasteiger partial charge is 0.411 e. The molecule has 2 aliphatic heterocycles. The zero-order valence-electron chi connectivity index (χ0n) is 21.7. The Bertz CT molecular complexity index is 1130. The highest BCUT2D eigenvalue weighted by atomic mass is 35.5. The third-order valence-electron chi connectivity index (χ3n) is 7.50. The minimum atomic E-state index is -1.03. The highest BCUT2D eigenvalue weighted by Gasteiger charge is 2.44. The summed E-state index contributed by atoms with van der Waals surface area (Å²) in [4.78, 5) is 42.2. The number of hydrogen-bond donors (Lipinski definition) is 2. The first kappa shape index (κ1) is 27.9. The summed E-state index contributed by atoms with van der Waals surface area (Å²) in [6, 6.07) is 14.6. The zero-order chi connectivity index (χ0) is 27.1. The van der Waals surface area contributed by atoms with Crippen LogP contribution in [0.4, 0.5) is 10.5 Å². The minimum Gasteiger partial charge on any atom is -0.448 e. The van der Waals surface area contributed by atoms with E-state index in [0.29, 0.717) is 62.9 Å². The van der Waals surface area contributed by atoms with Gasteiger partial charge in [-0.3, -0.25) is 19.8 Å². The SMILES string of the molecule is CCc1ccc(NC(=O)OCC2(C(N)=O)CCN(C(=O)C3COCCN3Cc3ccccc3Cl)CC2)cc1. The van der Waals surface area contributed by atoms with Crippen molar-refractivity contribution in [2.75, 3.05) is 44.8 Å². The van der Waals surface area contributed by atoms with Crippen LogP contribution < -0.4 is 11.1 Å². The second kappa shape index (κ2) is 12.6. The molecule has 2 aromatic carbocycles. The molecule has 38 heavy (non-hydrogen) atoms. The monoisotopic (exact) mass is 542 g/mol. The standard InChI is InChI=1S/C28H35ClN4O5/c1-2-20-7-9-22(10-8-20)31-27(36)38-19-28(26(30)35)11-13-32(14-12-28)25(34)24-18-37-16-15-33(24)17-21-5-3-4-6-23(21)29/h3-10,24H,2,11-19H2,1H3,(H2,30,35)(H,31,36). The van der Waals surface area contributed by atoms with E-state index in [1.807, 2.05) is 36.4 Å². The summed E-state index contributed by atoms with van der Waals surface area (Å²) in [6.07, 6.45) is 0.872. The molecular formula is C28H35ClN4O5. The van der Waals surface area contributed by atoms with Gasteiger partial charge in [0.2, 0.25) is 11.8 Å². The molecule has 4 rings (SSSR count). The summed E-state index contributed by atoms with van der Waals surface area (Å²) in [5.41, 5.74) is 7.46. The van der Waals surface area contributed by atoms with Gasteiger partial charge in [0.05, 0.1) is 18.6 Å². The maximum absolute atomic E-state index is 13.5. The molecule has 0 radical (unpaired) electrons. The maximum Gasteiger partial charge on any atom is 0.411 e. The molecule has 1 atom stereocenters. The van der Waals surface area contributed by atoms with Crippen LogP contribution >= 0.6 is 11.6 Å².